The van der Waals surface area contributed by atoms with Crippen molar-refractivity contribution in [2.75, 3.05) is 0 Å². The average molecular weight is 933 g/mol. The maximum atomic E-state index is 6.63. The first kappa shape index (κ1) is 36.1. The molecule has 0 amide bonds. The smallest absolute Gasteiger partial charge is 0.216 e. The summed E-state index contributed by atoms with van der Waals surface area (Å²) in [4.78, 5) is 14.5. The van der Waals surface area contributed by atoms with E-state index in [4.69, 9.17) is 14.4 Å². The second-order valence-corrected chi connectivity index (χ2v) is 14.2. The average Bonchev–Trinajstić information content (AvgIpc) is 3.89. The Kier molecular flexibility index (Phi) is 9.34. The van der Waals surface area contributed by atoms with Crippen molar-refractivity contribution in [2.24, 2.45) is 0 Å². The van der Waals surface area contributed by atoms with E-state index in [0.717, 1.165) is 77.6 Å². The van der Waals surface area contributed by atoms with Gasteiger partial charge in [0.25, 0.3) is 0 Å². The number of imidazole rings is 1. The van der Waals surface area contributed by atoms with Crippen LogP contribution in [0.3, 0.4) is 0 Å². The maximum Gasteiger partial charge on any atom is 0.216 e. The van der Waals surface area contributed by atoms with E-state index in [1.807, 2.05) is 66.7 Å². The van der Waals surface area contributed by atoms with Gasteiger partial charge in [0.2, 0.25) is 5.71 Å². The molecule has 1 radical (unpaired) electrons. The molecule has 0 saturated carbocycles. The molecule has 0 unspecified atom stereocenters. The summed E-state index contributed by atoms with van der Waals surface area (Å²) in [5.74, 6) is 0.778. The number of fused-ring (bicyclic) bond motifs is 10. The molecule has 281 valence electrons. The van der Waals surface area contributed by atoms with Crippen molar-refractivity contribution in [3.63, 3.8) is 0 Å². The van der Waals surface area contributed by atoms with Crippen molar-refractivity contribution < 1.29 is 24.5 Å². The van der Waals surface area contributed by atoms with E-state index in [1.54, 1.807) is 6.20 Å². The van der Waals surface area contributed by atoms with Crippen LogP contribution in [0.25, 0.3) is 105 Å². The fourth-order valence-electron chi connectivity index (χ4n) is 8.18. The summed E-state index contributed by atoms with van der Waals surface area (Å²) >= 11 is 0. The number of pyridine rings is 2. The molecule has 0 aliphatic carbocycles. The van der Waals surface area contributed by atoms with E-state index < -0.39 is 0 Å². The van der Waals surface area contributed by atoms with Crippen LogP contribution in [-0.2, 0) is 20.1 Å². The summed E-state index contributed by atoms with van der Waals surface area (Å²) in [7, 11) is 0. The Morgan fingerprint density at radius 1 is 0.458 bits per heavy atom. The van der Waals surface area contributed by atoms with Gasteiger partial charge < -0.3 is 13.8 Å². The third-order valence-electron chi connectivity index (χ3n) is 10.8. The van der Waals surface area contributed by atoms with E-state index in [2.05, 4.69) is 143 Å². The zero-order chi connectivity index (χ0) is 38.4. The number of benzene rings is 7. The fraction of sp³-hybridized carbons (Fsp3) is 0. The molecule has 6 heteroatoms. The Hall–Kier alpha value is -7.24. The topological polar surface area (TPSA) is 56.2 Å². The second kappa shape index (κ2) is 15.3. The van der Waals surface area contributed by atoms with Crippen molar-refractivity contribution in [1.82, 2.24) is 19.4 Å². The van der Waals surface area contributed by atoms with Crippen molar-refractivity contribution in [3.8, 4) is 33.9 Å². The molecule has 12 rings (SSSR count). The molecule has 0 bridgehead atoms. The molecule has 0 saturated heterocycles. The number of furan rings is 1. The summed E-state index contributed by atoms with van der Waals surface area (Å²) in [6, 6.07) is 71.1. The van der Waals surface area contributed by atoms with Crippen LogP contribution >= 0.6 is 0 Å². The first-order valence-corrected chi connectivity index (χ1v) is 19.3. The minimum atomic E-state index is 0. The van der Waals surface area contributed by atoms with Crippen LogP contribution in [0.15, 0.2) is 199 Å². The van der Waals surface area contributed by atoms with Crippen molar-refractivity contribution in [1.29, 1.82) is 0 Å². The summed E-state index contributed by atoms with van der Waals surface area (Å²) in [5.41, 5.74) is 9.07. The Labute approximate surface area is 353 Å². The Balaban J connectivity index is 0.000000279. The fourth-order valence-corrected chi connectivity index (χ4v) is 8.18. The number of hydrogen-bond donors (Lipinski definition) is 0. The quantitative estimate of drug-likeness (QED) is 0.166. The van der Waals surface area contributed by atoms with E-state index in [-0.39, 0.29) is 20.1 Å². The molecule has 0 aliphatic heterocycles. The van der Waals surface area contributed by atoms with Gasteiger partial charge in [-0.2, -0.15) is 0 Å². The molecule has 7 aromatic carbocycles. The first-order valence-electron chi connectivity index (χ1n) is 19.3. The molecule has 12 aromatic rings. The van der Waals surface area contributed by atoms with Crippen LogP contribution in [0.4, 0.5) is 0 Å². The number of nitrogens with zero attached hydrogens (tertiary/aromatic N) is 4. The molecule has 0 aliphatic rings. The van der Waals surface area contributed by atoms with Gasteiger partial charge in [-0.25, -0.2) is 4.98 Å². The molecule has 0 N–H and O–H groups in total. The van der Waals surface area contributed by atoms with E-state index in [1.165, 1.54) is 21.5 Å². The van der Waals surface area contributed by atoms with Crippen LogP contribution in [0.2, 0.25) is 0 Å². The van der Waals surface area contributed by atoms with E-state index >= 15 is 0 Å². The van der Waals surface area contributed by atoms with Gasteiger partial charge in [0.1, 0.15) is 0 Å². The van der Waals surface area contributed by atoms with Gasteiger partial charge in [-0.15, -0.1) is 54.1 Å². The summed E-state index contributed by atoms with van der Waals surface area (Å²) < 4.78 is 8.94. The first-order chi connectivity index (χ1) is 28.8. The summed E-state index contributed by atoms with van der Waals surface area (Å²) in [6.45, 7) is 0. The van der Waals surface area contributed by atoms with Gasteiger partial charge in [-0.1, -0.05) is 132 Å². The second-order valence-electron chi connectivity index (χ2n) is 14.2. The predicted molar refractivity (Wildman–Crippen MR) is 237 cm³/mol. The third-order valence-corrected chi connectivity index (χ3v) is 10.8. The summed E-state index contributed by atoms with van der Waals surface area (Å²) in [6.07, 6.45) is 1.79. The SMILES string of the molecule is [Ir].[c-]1ccc2c(oc3nc(-c4ccccc4)ccc32)c1-c1nc2cccc3c4ccccc4c4ccccc4c4ccccc4n1c23.[c-]1ccccc1-c1ccccn1. The molecular weight excluding hydrogens is 901 g/mol. The van der Waals surface area contributed by atoms with Gasteiger partial charge >= 0.3 is 0 Å². The Morgan fingerprint density at radius 3 is 1.88 bits per heavy atom. The number of para-hydroxylation sites is 2. The Bertz CT molecular complexity index is 3470. The standard InChI is InChI=1S/C42H24N3O.C11H8N.Ir/c1-2-12-26(13-3-1)36-25-24-34-33-20-10-21-35(40(33)46-42(34)44-36)41-43-37-22-11-19-32-30-17-7-5-15-28(30)27-14-4-6-16-29(27)31-18-8-9-23-38(31)45(41)39(32)37;1-2-6-10(7-3-1)11-8-4-5-9-12-11;/h1-20,22-25H;1-6,8-9H;/q2*-1;. The zero-order valence-electron chi connectivity index (χ0n) is 31.5. The normalized spacial score (nSPS) is 11.3. The van der Waals surface area contributed by atoms with Crippen LogP contribution in [0, 0.1) is 12.1 Å². The van der Waals surface area contributed by atoms with Gasteiger partial charge in [0, 0.05) is 53.5 Å². The molecule has 5 heterocycles. The maximum absolute atomic E-state index is 6.63. The minimum absolute atomic E-state index is 0. The molecule has 59 heavy (non-hydrogen) atoms. The van der Waals surface area contributed by atoms with E-state index in [0.29, 0.717) is 5.71 Å². The molecular formula is C53H32IrN4O-2. The molecule has 5 aromatic heterocycles. The predicted octanol–water partition coefficient (Wildman–Crippen LogP) is 13.5. The van der Waals surface area contributed by atoms with Crippen LogP contribution in [0.5, 0.6) is 0 Å². The number of aromatic nitrogens is 4. The van der Waals surface area contributed by atoms with Gasteiger partial charge in [-0.05, 0) is 57.6 Å². The van der Waals surface area contributed by atoms with Crippen molar-refractivity contribution >= 4 is 70.9 Å². The zero-order valence-corrected chi connectivity index (χ0v) is 33.9. The molecule has 5 nitrogen and oxygen atoms in total. The van der Waals surface area contributed by atoms with Crippen LogP contribution in [0.1, 0.15) is 0 Å². The van der Waals surface area contributed by atoms with Crippen molar-refractivity contribution in [2.45, 2.75) is 0 Å². The van der Waals surface area contributed by atoms with Crippen molar-refractivity contribution in [3.05, 3.63) is 206 Å². The summed E-state index contributed by atoms with van der Waals surface area (Å²) in [5, 5.41) is 8.97. The molecule has 0 spiro atoms. The largest absolute Gasteiger partial charge is 0.486 e. The molecule has 0 fully saturated rings. The Morgan fingerprint density at radius 2 is 1.14 bits per heavy atom. The van der Waals surface area contributed by atoms with Crippen LogP contribution < -0.4 is 0 Å². The number of rotatable bonds is 3. The van der Waals surface area contributed by atoms with Gasteiger partial charge in [-0.3, -0.25) is 4.98 Å². The number of hydrogen-bond acceptors (Lipinski definition) is 4. The minimum Gasteiger partial charge on any atom is -0.486 e. The van der Waals surface area contributed by atoms with Gasteiger partial charge in [0.05, 0.1) is 28.1 Å². The van der Waals surface area contributed by atoms with Gasteiger partial charge in [0.15, 0.2) is 0 Å². The van der Waals surface area contributed by atoms with E-state index in [9.17, 15) is 0 Å². The monoisotopic (exact) mass is 933 g/mol. The third kappa shape index (κ3) is 6.27. The van der Waals surface area contributed by atoms with Crippen LogP contribution in [-0.4, -0.2) is 19.4 Å². The molecule has 0 atom stereocenters.